The highest BCUT2D eigenvalue weighted by Crippen LogP contribution is 2.47. The molecule has 3 N–H and O–H groups in total. The third-order valence-electron chi connectivity index (χ3n) is 9.72. The van der Waals surface area contributed by atoms with E-state index in [0.717, 1.165) is 12.8 Å². The van der Waals surface area contributed by atoms with Crippen molar-refractivity contribution in [3.8, 4) is 0 Å². The maximum absolute atomic E-state index is 13.9. The molecule has 0 amide bonds. The third kappa shape index (κ3) is 6.01. The Morgan fingerprint density at radius 1 is 1.17 bits per heavy atom. The number of rotatable bonds is 2. The largest absolute Gasteiger partial charge is 0.462 e. The average molecular weight is 573 g/mol. The predicted molar refractivity (Wildman–Crippen MR) is 154 cm³/mol. The molecule has 0 saturated carbocycles. The first-order chi connectivity index (χ1) is 19.5. The Morgan fingerprint density at radius 2 is 1.95 bits per heavy atom. The molecule has 8 nitrogen and oxygen atoms in total. The second-order valence-electron chi connectivity index (χ2n) is 13.4. The highest BCUT2D eigenvalue weighted by molar-refractivity contribution is 5.78. The number of carbonyl (C=O) groups is 1. The molecule has 10 atom stereocenters. The third-order valence-corrected chi connectivity index (χ3v) is 9.72. The van der Waals surface area contributed by atoms with Crippen LogP contribution >= 0.6 is 0 Å². The van der Waals surface area contributed by atoms with Crippen LogP contribution in [0.1, 0.15) is 73.1 Å². The quantitative estimate of drug-likeness (QED) is 0.334. The van der Waals surface area contributed by atoms with Crippen molar-refractivity contribution in [1.29, 1.82) is 0 Å². The fraction of sp³-hybridized carbons (Fsp3) is 0.727. The molecule has 1 aliphatic carbocycles. The summed E-state index contributed by atoms with van der Waals surface area (Å²) in [7, 11) is 0. The normalized spacial score (nSPS) is 43.7. The van der Waals surface area contributed by atoms with Gasteiger partial charge >= 0.3 is 5.97 Å². The van der Waals surface area contributed by atoms with Crippen molar-refractivity contribution in [3.05, 3.63) is 47.1 Å². The number of ether oxygens (including phenoxy) is 4. The van der Waals surface area contributed by atoms with Crippen LogP contribution in [0.4, 0.5) is 0 Å². The van der Waals surface area contributed by atoms with Gasteiger partial charge in [0.15, 0.2) is 5.79 Å². The van der Waals surface area contributed by atoms with Crippen LogP contribution < -0.4 is 0 Å². The van der Waals surface area contributed by atoms with Gasteiger partial charge < -0.3 is 34.3 Å². The number of hydrogen-bond donors (Lipinski definition) is 3. The Hall–Kier alpha value is -1.81. The van der Waals surface area contributed by atoms with Gasteiger partial charge in [0, 0.05) is 31.8 Å². The molecule has 8 heteroatoms. The molecule has 0 radical (unpaired) electrons. The van der Waals surface area contributed by atoms with E-state index < -0.39 is 41.6 Å². The number of esters is 1. The number of aliphatic hydroxyl groups is 3. The molecule has 228 valence electrons. The summed E-state index contributed by atoms with van der Waals surface area (Å²) in [5, 5.41) is 33.0. The minimum absolute atomic E-state index is 0.0355. The van der Waals surface area contributed by atoms with Crippen molar-refractivity contribution in [3.63, 3.8) is 0 Å². The summed E-state index contributed by atoms with van der Waals surface area (Å²) in [6.07, 6.45) is 10.7. The number of carbonyl (C=O) groups excluding carboxylic acids is 1. The van der Waals surface area contributed by atoms with Gasteiger partial charge in [-0.1, -0.05) is 56.7 Å². The zero-order valence-corrected chi connectivity index (χ0v) is 25.1. The molecule has 3 fully saturated rings. The summed E-state index contributed by atoms with van der Waals surface area (Å²) in [6.45, 7) is 10.4. The highest BCUT2D eigenvalue weighted by Gasteiger charge is 2.60. The van der Waals surface area contributed by atoms with Gasteiger partial charge in [0.05, 0.1) is 18.8 Å². The van der Waals surface area contributed by atoms with Crippen molar-refractivity contribution in [2.75, 3.05) is 13.2 Å². The maximum atomic E-state index is 13.9. The first kappa shape index (κ1) is 30.6. The van der Waals surface area contributed by atoms with Gasteiger partial charge in [0.1, 0.15) is 29.8 Å². The second kappa shape index (κ2) is 12.1. The first-order valence-electron chi connectivity index (χ1n) is 15.4. The molecule has 5 rings (SSSR count). The lowest BCUT2D eigenvalue weighted by molar-refractivity contribution is -0.342. The SMILES string of the molecule is CC1=CCC2CC(CC3(CCC(CO)C(C(C)C)O3)O2)OC(=O)C2C=C(C)C(O)C3OCC(=CC=CC(C)C1)C23O. The van der Waals surface area contributed by atoms with Crippen molar-refractivity contribution >= 4 is 5.97 Å². The lowest BCUT2D eigenvalue weighted by atomic mass is 9.71. The average Bonchev–Trinajstić information content (AvgIpc) is 3.25. The molecule has 3 saturated heterocycles. The van der Waals surface area contributed by atoms with Crippen LogP contribution in [0, 0.1) is 23.7 Å². The monoisotopic (exact) mass is 572 g/mol. The van der Waals surface area contributed by atoms with Crippen LogP contribution in [0.15, 0.2) is 47.1 Å². The van der Waals surface area contributed by atoms with Crippen LogP contribution in [0.2, 0.25) is 0 Å². The van der Waals surface area contributed by atoms with Gasteiger partial charge in [-0.2, -0.15) is 0 Å². The lowest BCUT2D eigenvalue weighted by Crippen LogP contribution is -2.58. The molecule has 0 aromatic rings. The van der Waals surface area contributed by atoms with Gasteiger partial charge in [-0.05, 0) is 56.1 Å². The molecule has 10 unspecified atom stereocenters. The second-order valence-corrected chi connectivity index (χ2v) is 13.4. The maximum Gasteiger partial charge on any atom is 0.316 e. The summed E-state index contributed by atoms with van der Waals surface area (Å²) in [6, 6.07) is 0. The van der Waals surface area contributed by atoms with Crippen molar-refractivity contribution < 1.29 is 39.1 Å². The summed E-state index contributed by atoms with van der Waals surface area (Å²) in [5.41, 5.74) is 0.676. The Balaban J connectivity index is 1.51. The van der Waals surface area contributed by atoms with E-state index in [-0.39, 0.29) is 43.2 Å². The minimum atomic E-state index is -1.71. The van der Waals surface area contributed by atoms with Crippen LogP contribution in [0.5, 0.6) is 0 Å². The van der Waals surface area contributed by atoms with E-state index in [9.17, 15) is 20.1 Å². The molecule has 5 aliphatic rings. The van der Waals surface area contributed by atoms with E-state index in [2.05, 4.69) is 39.8 Å². The van der Waals surface area contributed by atoms with Crippen molar-refractivity contribution in [1.82, 2.24) is 0 Å². The van der Waals surface area contributed by atoms with Crippen LogP contribution in [0.3, 0.4) is 0 Å². The van der Waals surface area contributed by atoms with E-state index in [1.54, 1.807) is 13.0 Å². The summed E-state index contributed by atoms with van der Waals surface area (Å²) in [4.78, 5) is 13.9. The zero-order chi connectivity index (χ0) is 29.5. The molecule has 0 aromatic carbocycles. The molecule has 41 heavy (non-hydrogen) atoms. The van der Waals surface area contributed by atoms with Gasteiger partial charge in [-0.3, -0.25) is 4.79 Å². The molecular formula is C33H48O8. The van der Waals surface area contributed by atoms with E-state index in [4.69, 9.17) is 18.9 Å². The minimum Gasteiger partial charge on any atom is -0.462 e. The number of aliphatic hydroxyl groups excluding tert-OH is 2. The Kier molecular flexibility index (Phi) is 9.01. The number of fused-ring (bicyclic) bond motifs is 2. The number of hydrogen-bond acceptors (Lipinski definition) is 8. The summed E-state index contributed by atoms with van der Waals surface area (Å²) >= 11 is 0. The summed E-state index contributed by atoms with van der Waals surface area (Å²) in [5.74, 6) is -1.98. The topological polar surface area (TPSA) is 115 Å². The smallest absolute Gasteiger partial charge is 0.316 e. The van der Waals surface area contributed by atoms with Gasteiger partial charge in [0.25, 0.3) is 0 Å². The first-order valence-corrected chi connectivity index (χ1v) is 15.4. The molecule has 1 spiro atoms. The molecule has 2 bridgehead atoms. The molecule has 4 heterocycles. The fourth-order valence-electron chi connectivity index (χ4n) is 7.50. The summed E-state index contributed by atoms with van der Waals surface area (Å²) < 4.78 is 25.5. The van der Waals surface area contributed by atoms with E-state index in [1.807, 2.05) is 12.2 Å². The van der Waals surface area contributed by atoms with Crippen molar-refractivity contribution in [2.24, 2.45) is 23.7 Å². The molecular weight excluding hydrogens is 524 g/mol. The van der Waals surface area contributed by atoms with E-state index >= 15 is 0 Å². The van der Waals surface area contributed by atoms with Crippen molar-refractivity contribution in [2.45, 2.75) is 115 Å². The van der Waals surface area contributed by atoms with Gasteiger partial charge in [-0.25, -0.2) is 0 Å². The standard InChI is InChI=1S/C33H48O8/c1-19(2)29-23(17-34)11-12-32(41-29)16-26-15-25(40-32)10-9-21(4)13-20(3)7-6-8-24-18-38-30-28(35)22(5)14-27(31(36)39-26)33(24,30)37/h6-9,14,19-20,23,25-30,34-35,37H,10-13,15-18H2,1-5H3. The number of allylic oxidation sites excluding steroid dienone is 4. The Labute approximate surface area is 244 Å². The van der Waals surface area contributed by atoms with E-state index in [0.29, 0.717) is 36.8 Å². The van der Waals surface area contributed by atoms with Crippen LogP contribution in [-0.2, 0) is 23.7 Å². The zero-order valence-electron chi connectivity index (χ0n) is 25.1. The van der Waals surface area contributed by atoms with Crippen LogP contribution in [-0.4, -0.2) is 76.4 Å². The van der Waals surface area contributed by atoms with Crippen LogP contribution in [0.25, 0.3) is 0 Å². The molecule has 0 aromatic heterocycles. The van der Waals surface area contributed by atoms with Gasteiger partial charge in [0.2, 0.25) is 0 Å². The van der Waals surface area contributed by atoms with E-state index in [1.165, 1.54) is 5.57 Å². The Bertz CT molecular complexity index is 1110. The predicted octanol–water partition coefficient (Wildman–Crippen LogP) is 4.14. The Morgan fingerprint density at radius 3 is 2.68 bits per heavy atom. The lowest BCUT2D eigenvalue weighted by Gasteiger charge is -2.51. The van der Waals surface area contributed by atoms with Gasteiger partial charge in [-0.15, -0.1) is 0 Å². The highest BCUT2D eigenvalue weighted by atomic mass is 16.7. The fourth-order valence-corrected chi connectivity index (χ4v) is 7.50. The molecule has 4 aliphatic heterocycles.